The van der Waals surface area contributed by atoms with Gasteiger partial charge in [0.05, 0.1) is 12.8 Å². The van der Waals surface area contributed by atoms with E-state index in [-0.39, 0.29) is 11.4 Å². The van der Waals surface area contributed by atoms with Gasteiger partial charge in [-0.1, -0.05) is 50.1 Å². The summed E-state index contributed by atoms with van der Waals surface area (Å²) in [5.74, 6) is -1.44. The van der Waals surface area contributed by atoms with E-state index in [0.29, 0.717) is 17.4 Å². The fourth-order valence-electron chi connectivity index (χ4n) is 1.64. The molecule has 1 unspecified atom stereocenters. The lowest BCUT2D eigenvalue weighted by Gasteiger charge is -2.24. The van der Waals surface area contributed by atoms with Gasteiger partial charge in [0.25, 0.3) is 0 Å². The third-order valence-electron chi connectivity index (χ3n) is 2.72. The Morgan fingerprint density at radius 1 is 1.33 bits per heavy atom. The van der Waals surface area contributed by atoms with Crippen molar-refractivity contribution in [2.24, 2.45) is 0 Å². The zero-order valence-corrected chi connectivity index (χ0v) is 15.5. The van der Waals surface area contributed by atoms with Crippen LogP contribution in [0.4, 0.5) is 5.69 Å². The van der Waals surface area contributed by atoms with Crippen LogP contribution in [0.15, 0.2) is 30.3 Å². The van der Waals surface area contributed by atoms with Crippen molar-refractivity contribution in [3.05, 3.63) is 30.3 Å². The maximum absolute atomic E-state index is 12.4. The van der Waals surface area contributed by atoms with Gasteiger partial charge in [0, 0.05) is 16.7 Å². The number of sulfonamides is 1. The summed E-state index contributed by atoms with van der Waals surface area (Å²) in [5, 5.41) is 0.715. The van der Waals surface area contributed by atoms with E-state index < -0.39 is 21.7 Å². The molecular weight excluding hydrogens is 426 g/mol. The number of para-hydroxylation sites is 1. The highest BCUT2D eigenvalue weighted by Gasteiger charge is 2.26. The van der Waals surface area contributed by atoms with Gasteiger partial charge in [-0.05, 0) is 18.6 Å². The summed E-state index contributed by atoms with van der Waals surface area (Å²) in [5.41, 5.74) is 0.538. The molecular formula is C13H17Br2NO4S. The number of benzene rings is 1. The fraction of sp³-hybridized carbons (Fsp3) is 0.462. The Hall–Kier alpha value is -0.600. The highest BCUT2D eigenvalue weighted by molar-refractivity contribution is 9.12. The molecule has 8 heteroatoms. The van der Waals surface area contributed by atoms with Crippen molar-refractivity contribution in [3.63, 3.8) is 0 Å². The average Bonchev–Trinajstić information content (AvgIpc) is 2.47. The summed E-state index contributed by atoms with van der Waals surface area (Å²) in [4.78, 5) is 11.5. The maximum Gasteiger partial charge on any atom is 0.322 e. The topological polar surface area (TPSA) is 63.7 Å². The molecule has 0 N–H and O–H groups in total. The van der Waals surface area contributed by atoms with Gasteiger partial charge in [0.15, 0.2) is 5.75 Å². The number of carbonyl (C=O) groups is 1. The van der Waals surface area contributed by atoms with E-state index in [0.717, 1.165) is 0 Å². The molecule has 1 atom stereocenters. The van der Waals surface area contributed by atoms with E-state index >= 15 is 0 Å². The van der Waals surface area contributed by atoms with Crippen LogP contribution in [0.1, 0.15) is 6.42 Å². The molecule has 1 rings (SSSR count). The first kappa shape index (κ1) is 18.4. The number of hydrogen-bond donors (Lipinski definition) is 0. The van der Waals surface area contributed by atoms with E-state index in [1.807, 2.05) is 0 Å². The minimum absolute atomic E-state index is 0.150. The number of carbonyl (C=O) groups excluding carboxylic acids is 1. The molecule has 0 aromatic heterocycles. The molecule has 1 aromatic carbocycles. The fourth-order valence-corrected chi connectivity index (χ4v) is 3.57. The van der Waals surface area contributed by atoms with Crippen molar-refractivity contribution in [2.45, 2.75) is 11.2 Å². The van der Waals surface area contributed by atoms with E-state index in [4.69, 9.17) is 0 Å². The smallest absolute Gasteiger partial charge is 0.322 e. The summed E-state index contributed by atoms with van der Waals surface area (Å²) in [6.07, 6.45) is 0.612. The van der Waals surface area contributed by atoms with Crippen LogP contribution in [0.25, 0.3) is 0 Å². The SMILES string of the molecule is COC(=O)CS(=O)(=O)N(CCC(Br)CBr)c1ccccc1. The van der Waals surface area contributed by atoms with Crippen LogP contribution in [0, 0.1) is 0 Å². The average molecular weight is 443 g/mol. The Balaban J connectivity index is 2.99. The maximum atomic E-state index is 12.4. The molecule has 21 heavy (non-hydrogen) atoms. The van der Waals surface area contributed by atoms with Crippen LogP contribution in [0.3, 0.4) is 0 Å². The number of alkyl halides is 2. The van der Waals surface area contributed by atoms with Crippen molar-refractivity contribution in [1.82, 2.24) is 0 Å². The molecule has 0 spiro atoms. The molecule has 1 aromatic rings. The first-order valence-electron chi connectivity index (χ1n) is 6.23. The summed E-state index contributed by atoms with van der Waals surface area (Å²) < 4.78 is 30.5. The minimum Gasteiger partial charge on any atom is -0.468 e. The Labute approximate surface area is 142 Å². The van der Waals surface area contributed by atoms with Crippen molar-refractivity contribution in [3.8, 4) is 0 Å². The van der Waals surface area contributed by atoms with Gasteiger partial charge < -0.3 is 4.74 Å². The number of nitrogens with zero attached hydrogens (tertiary/aromatic N) is 1. The second kappa shape index (κ2) is 8.75. The summed E-state index contributed by atoms with van der Waals surface area (Å²) in [6, 6.07) is 8.72. The normalized spacial score (nSPS) is 12.7. The number of methoxy groups -OCH3 is 1. The van der Waals surface area contributed by atoms with Crippen LogP contribution in [0.2, 0.25) is 0 Å². The molecule has 0 saturated heterocycles. The third-order valence-corrected chi connectivity index (χ3v) is 6.82. The predicted molar refractivity (Wildman–Crippen MR) is 90.7 cm³/mol. The molecule has 118 valence electrons. The number of esters is 1. The first-order valence-corrected chi connectivity index (χ1v) is 9.87. The highest BCUT2D eigenvalue weighted by Crippen LogP contribution is 2.20. The molecule has 0 amide bonds. The van der Waals surface area contributed by atoms with Crippen LogP contribution < -0.4 is 4.31 Å². The highest BCUT2D eigenvalue weighted by atomic mass is 79.9. The van der Waals surface area contributed by atoms with Gasteiger partial charge in [-0.15, -0.1) is 0 Å². The Bertz CT molecular complexity index is 551. The summed E-state index contributed by atoms with van der Waals surface area (Å²) in [6.45, 7) is 0.283. The molecule has 0 fully saturated rings. The molecule has 0 aliphatic heterocycles. The third kappa shape index (κ3) is 5.96. The Kier molecular flexibility index (Phi) is 7.69. The van der Waals surface area contributed by atoms with Crippen LogP contribution in [-0.2, 0) is 19.6 Å². The lowest BCUT2D eigenvalue weighted by Crippen LogP contribution is -2.37. The van der Waals surface area contributed by atoms with Crippen molar-refractivity contribution < 1.29 is 17.9 Å². The largest absolute Gasteiger partial charge is 0.468 e. The van der Waals surface area contributed by atoms with Gasteiger partial charge in [-0.2, -0.15) is 0 Å². The minimum atomic E-state index is -3.77. The molecule has 0 saturated carbocycles. The quantitative estimate of drug-likeness (QED) is 0.458. The molecule has 0 aliphatic rings. The number of anilines is 1. The first-order chi connectivity index (χ1) is 9.90. The zero-order valence-electron chi connectivity index (χ0n) is 11.5. The van der Waals surface area contributed by atoms with Gasteiger partial charge in [0.1, 0.15) is 0 Å². The van der Waals surface area contributed by atoms with E-state index in [1.54, 1.807) is 30.3 Å². The van der Waals surface area contributed by atoms with Crippen LogP contribution in [0.5, 0.6) is 0 Å². The van der Waals surface area contributed by atoms with Gasteiger partial charge in [-0.25, -0.2) is 8.42 Å². The van der Waals surface area contributed by atoms with Crippen molar-refractivity contribution in [2.75, 3.05) is 29.0 Å². The molecule has 0 aliphatic carbocycles. The number of hydrogen-bond acceptors (Lipinski definition) is 4. The monoisotopic (exact) mass is 441 g/mol. The van der Waals surface area contributed by atoms with Crippen LogP contribution >= 0.6 is 31.9 Å². The lowest BCUT2D eigenvalue weighted by molar-refractivity contribution is -0.137. The molecule has 0 radical (unpaired) electrons. The summed E-state index contributed by atoms with van der Waals surface area (Å²) in [7, 11) is -2.60. The molecule has 0 bridgehead atoms. The summed E-state index contributed by atoms with van der Waals surface area (Å²) >= 11 is 6.78. The van der Waals surface area contributed by atoms with Crippen molar-refractivity contribution >= 4 is 53.5 Å². The van der Waals surface area contributed by atoms with Crippen molar-refractivity contribution in [1.29, 1.82) is 0 Å². The van der Waals surface area contributed by atoms with E-state index in [9.17, 15) is 13.2 Å². The number of ether oxygens (including phenoxy) is 1. The Morgan fingerprint density at radius 3 is 2.48 bits per heavy atom. The number of rotatable bonds is 8. The zero-order chi connectivity index (χ0) is 15.9. The second-order valence-electron chi connectivity index (χ2n) is 4.28. The van der Waals surface area contributed by atoms with E-state index in [1.165, 1.54) is 11.4 Å². The second-order valence-corrected chi connectivity index (χ2v) is 8.12. The Morgan fingerprint density at radius 2 is 1.95 bits per heavy atom. The van der Waals surface area contributed by atoms with Gasteiger partial charge >= 0.3 is 5.97 Å². The van der Waals surface area contributed by atoms with Gasteiger partial charge in [0.2, 0.25) is 10.0 Å². The van der Waals surface area contributed by atoms with Crippen LogP contribution in [-0.4, -0.2) is 44.0 Å². The molecule has 0 heterocycles. The predicted octanol–water partition coefficient (Wildman–Crippen LogP) is 2.54. The lowest BCUT2D eigenvalue weighted by atomic mass is 10.3. The van der Waals surface area contributed by atoms with E-state index in [2.05, 4.69) is 36.6 Å². The standard InChI is InChI=1S/C13H17Br2NO4S/c1-20-13(17)10-21(18,19)16(8-7-11(15)9-14)12-5-3-2-4-6-12/h2-6,11H,7-10H2,1H3. The number of halogens is 2. The van der Waals surface area contributed by atoms with Gasteiger partial charge in [-0.3, -0.25) is 9.10 Å². The molecule has 5 nitrogen and oxygen atoms in total.